The lowest BCUT2D eigenvalue weighted by Crippen LogP contribution is -2.22. The van der Waals surface area contributed by atoms with Gasteiger partial charge in [0.25, 0.3) is 0 Å². The van der Waals surface area contributed by atoms with E-state index in [2.05, 4.69) is 12.6 Å². The van der Waals surface area contributed by atoms with Crippen molar-refractivity contribution in [2.75, 3.05) is 13.2 Å². The minimum Gasteiger partial charge on any atom is -0.379 e. The van der Waals surface area contributed by atoms with Gasteiger partial charge in [-0.25, -0.2) is 0 Å². The fraction of sp³-hybridized carbons (Fsp3) is 0.800. The molecule has 1 unspecified atom stereocenters. The minimum atomic E-state index is -0.472. The van der Waals surface area contributed by atoms with Gasteiger partial charge in [-0.05, 0) is 6.42 Å². The summed E-state index contributed by atoms with van der Waals surface area (Å²) < 4.78 is 4.47. The molecule has 0 aromatic carbocycles. The van der Waals surface area contributed by atoms with E-state index in [1.807, 2.05) is 0 Å². The molecule has 0 spiro atoms. The lowest BCUT2D eigenvalue weighted by molar-refractivity contribution is -0.109. The van der Waals surface area contributed by atoms with Gasteiger partial charge in [0.05, 0.1) is 11.4 Å². The molecule has 1 aliphatic rings. The van der Waals surface area contributed by atoms with E-state index in [-0.39, 0.29) is 0 Å². The predicted octanol–water partition coefficient (Wildman–Crippen LogP) is 0.274. The van der Waals surface area contributed by atoms with Crippen LogP contribution in [0.25, 0.3) is 0 Å². The fourth-order valence-corrected chi connectivity index (χ4v) is 0.846. The van der Waals surface area contributed by atoms with E-state index in [0.717, 1.165) is 12.7 Å². The Balaban J connectivity index is 2.52. The van der Waals surface area contributed by atoms with Crippen LogP contribution in [-0.2, 0) is 9.53 Å². The second-order valence-corrected chi connectivity index (χ2v) is 2.91. The molecule has 0 amide bonds. The van der Waals surface area contributed by atoms with Crippen molar-refractivity contribution >= 4 is 18.9 Å². The van der Waals surface area contributed by atoms with Gasteiger partial charge in [-0.1, -0.05) is 0 Å². The number of carbonyl (C=O) groups excluding carboxylic acids is 1. The number of hydrogen-bond donors (Lipinski definition) is 1. The predicted molar refractivity (Wildman–Crippen MR) is 33.2 cm³/mol. The molecule has 8 heavy (non-hydrogen) atoms. The summed E-state index contributed by atoms with van der Waals surface area (Å²) in [7, 11) is 0. The number of hydrogen-bond acceptors (Lipinski definition) is 3. The van der Waals surface area contributed by atoms with Crippen LogP contribution in [0.3, 0.4) is 0 Å². The largest absolute Gasteiger partial charge is 0.379 e. The zero-order valence-corrected chi connectivity index (χ0v) is 5.36. The maximum Gasteiger partial charge on any atom is 0.138 e. The highest BCUT2D eigenvalue weighted by molar-refractivity contribution is 7.82. The third kappa shape index (κ3) is 1.03. The Hall–Kier alpha value is -0.0200. The molecular weight excluding hydrogens is 124 g/mol. The van der Waals surface area contributed by atoms with Crippen molar-refractivity contribution in [3.05, 3.63) is 0 Å². The molecule has 0 aromatic rings. The molecule has 1 fully saturated rings. The highest BCUT2D eigenvalue weighted by atomic mass is 32.1. The van der Waals surface area contributed by atoms with Gasteiger partial charge in [-0.3, -0.25) is 0 Å². The first-order valence-electron chi connectivity index (χ1n) is 2.53. The van der Waals surface area contributed by atoms with Crippen LogP contribution in [0.15, 0.2) is 0 Å². The summed E-state index contributed by atoms with van der Waals surface area (Å²) in [4.78, 5) is 10.2. The first-order chi connectivity index (χ1) is 3.77. The van der Waals surface area contributed by atoms with E-state index >= 15 is 0 Å². The second-order valence-electron chi connectivity index (χ2n) is 2.02. The molecule has 1 aliphatic heterocycles. The first kappa shape index (κ1) is 6.11. The Labute approximate surface area is 53.6 Å². The fourth-order valence-electron chi connectivity index (χ4n) is 0.663. The molecule has 0 saturated carbocycles. The van der Waals surface area contributed by atoms with Gasteiger partial charge in [0, 0.05) is 6.61 Å². The highest BCUT2D eigenvalue weighted by Gasteiger charge is 2.29. The maximum absolute atomic E-state index is 10.2. The van der Waals surface area contributed by atoms with E-state index in [1.54, 1.807) is 0 Å². The summed E-state index contributed by atoms with van der Waals surface area (Å²) in [5, 5.41) is 0. The Bertz CT molecular complexity index is 96.6. The van der Waals surface area contributed by atoms with Gasteiger partial charge in [0.15, 0.2) is 0 Å². The van der Waals surface area contributed by atoms with E-state index in [9.17, 15) is 4.79 Å². The van der Waals surface area contributed by atoms with Crippen molar-refractivity contribution < 1.29 is 9.53 Å². The molecule has 1 rings (SSSR count). The van der Waals surface area contributed by atoms with Crippen molar-refractivity contribution in [2.24, 2.45) is 0 Å². The van der Waals surface area contributed by atoms with Gasteiger partial charge in [0.2, 0.25) is 0 Å². The maximum atomic E-state index is 10.2. The van der Waals surface area contributed by atoms with Crippen LogP contribution >= 0.6 is 12.6 Å². The molecule has 0 N–H and O–H groups in total. The van der Waals surface area contributed by atoms with Crippen molar-refractivity contribution in [2.45, 2.75) is 11.2 Å². The summed E-state index contributed by atoms with van der Waals surface area (Å²) in [6.07, 6.45) is 1.60. The number of carbonyl (C=O) groups is 1. The van der Waals surface area contributed by atoms with Crippen molar-refractivity contribution in [3.63, 3.8) is 0 Å². The zero-order chi connectivity index (χ0) is 6.04. The molecule has 46 valence electrons. The molecule has 1 saturated heterocycles. The molecule has 3 heteroatoms. The van der Waals surface area contributed by atoms with E-state index < -0.39 is 4.75 Å². The van der Waals surface area contributed by atoms with Crippen LogP contribution in [0, 0.1) is 0 Å². The Morgan fingerprint density at radius 3 is 2.75 bits per heavy atom. The Morgan fingerprint density at radius 2 is 2.50 bits per heavy atom. The van der Waals surface area contributed by atoms with Crippen LogP contribution in [0.4, 0.5) is 0 Å². The first-order valence-corrected chi connectivity index (χ1v) is 2.98. The summed E-state index contributed by atoms with van der Waals surface area (Å²) in [5.74, 6) is 0. The molecular formula is C5H8O2S. The summed E-state index contributed by atoms with van der Waals surface area (Å²) in [6, 6.07) is 0. The van der Waals surface area contributed by atoms with Crippen LogP contribution in [-0.4, -0.2) is 24.2 Å². The number of aldehydes is 1. The normalized spacial score (nSPS) is 37.6. The van der Waals surface area contributed by atoms with Gasteiger partial charge in [0.1, 0.15) is 6.29 Å². The van der Waals surface area contributed by atoms with Crippen LogP contribution in [0.2, 0.25) is 0 Å². The monoisotopic (exact) mass is 132 g/mol. The molecule has 0 radical (unpaired) electrons. The molecule has 1 heterocycles. The molecule has 1 atom stereocenters. The van der Waals surface area contributed by atoms with Crippen LogP contribution < -0.4 is 0 Å². The molecule has 0 aliphatic carbocycles. The van der Waals surface area contributed by atoms with E-state index in [1.165, 1.54) is 0 Å². The number of ether oxygens (including phenoxy) is 1. The second kappa shape index (κ2) is 2.07. The summed E-state index contributed by atoms with van der Waals surface area (Å²) in [6.45, 7) is 1.14. The van der Waals surface area contributed by atoms with E-state index in [0.29, 0.717) is 13.2 Å². The highest BCUT2D eigenvalue weighted by Crippen LogP contribution is 2.22. The van der Waals surface area contributed by atoms with Gasteiger partial charge in [-0.15, -0.1) is 0 Å². The number of thiol groups is 1. The Morgan fingerprint density at radius 1 is 1.75 bits per heavy atom. The molecule has 0 aromatic heterocycles. The zero-order valence-electron chi connectivity index (χ0n) is 4.46. The number of rotatable bonds is 1. The third-order valence-electron chi connectivity index (χ3n) is 1.25. The molecule has 0 bridgehead atoms. The van der Waals surface area contributed by atoms with Gasteiger partial charge in [-0.2, -0.15) is 12.6 Å². The quantitative estimate of drug-likeness (QED) is 0.409. The van der Waals surface area contributed by atoms with Crippen molar-refractivity contribution in [1.82, 2.24) is 0 Å². The topological polar surface area (TPSA) is 26.3 Å². The average Bonchev–Trinajstić information content (AvgIpc) is 2.17. The van der Waals surface area contributed by atoms with E-state index in [4.69, 9.17) is 4.74 Å². The third-order valence-corrected chi connectivity index (χ3v) is 1.71. The Kier molecular flexibility index (Phi) is 1.58. The summed E-state index contributed by atoms with van der Waals surface area (Å²) >= 11 is 4.09. The smallest absolute Gasteiger partial charge is 0.138 e. The standard InChI is InChI=1S/C5H8O2S/c6-3-5(8)1-2-7-4-5/h3,8H,1-2,4H2. The minimum absolute atomic E-state index is 0.472. The lowest BCUT2D eigenvalue weighted by atomic mass is 10.1. The van der Waals surface area contributed by atoms with Crippen molar-refractivity contribution in [1.29, 1.82) is 0 Å². The lowest BCUT2D eigenvalue weighted by Gasteiger charge is -2.08. The SMILES string of the molecule is O=CC1(S)CCOC1. The van der Waals surface area contributed by atoms with Crippen molar-refractivity contribution in [3.8, 4) is 0 Å². The van der Waals surface area contributed by atoms with Gasteiger partial charge < -0.3 is 9.53 Å². The molecule has 2 nitrogen and oxygen atoms in total. The summed E-state index contributed by atoms with van der Waals surface area (Å²) in [5.41, 5.74) is 0. The van der Waals surface area contributed by atoms with Crippen LogP contribution in [0.1, 0.15) is 6.42 Å². The van der Waals surface area contributed by atoms with Gasteiger partial charge >= 0.3 is 0 Å². The van der Waals surface area contributed by atoms with Crippen LogP contribution in [0.5, 0.6) is 0 Å². The average molecular weight is 132 g/mol.